The van der Waals surface area contributed by atoms with Gasteiger partial charge < -0.3 is 10.2 Å². The lowest BCUT2D eigenvalue weighted by Crippen LogP contribution is -2.36. The van der Waals surface area contributed by atoms with Crippen molar-refractivity contribution < 1.29 is 14.0 Å². The molecule has 0 aromatic heterocycles. The van der Waals surface area contributed by atoms with E-state index in [4.69, 9.17) is 11.6 Å². The van der Waals surface area contributed by atoms with Gasteiger partial charge in [0.05, 0.1) is 0 Å². The highest BCUT2D eigenvalue weighted by molar-refractivity contribution is 6.31. The van der Waals surface area contributed by atoms with Crippen LogP contribution in [0.15, 0.2) is 48.5 Å². The van der Waals surface area contributed by atoms with Crippen molar-refractivity contribution in [1.29, 1.82) is 0 Å². The molecule has 1 N–H and O–H groups in total. The topological polar surface area (TPSA) is 49.4 Å². The number of hydrogen-bond acceptors (Lipinski definition) is 2. The molecule has 120 valence electrons. The van der Waals surface area contributed by atoms with Crippen molar-refractivity contribution in [3.63, 3.8) is 0 Å². The number of anilines is 1. The first-order chi connectivity index (χ1) is 11.0. The lowest BCUT2D eigenvalue weighted by Gasteiger charge is -2.21. The minimum Gasteiger partial charge on any atom is -0.329 e. The maximum Gasteiger partial charge on any atom is 0.244 e. The molecular weight excluding hydrogens is 319 g/mol. The molecule has 6 heteroatoms. The van der Waals surface area contributed by atoms with Crippen LogP contribution in [0.1, 0.15) is 12.5 Å². The molecule has 0 unspecified atom stereocenters. The van der Waals surface area contributed by atoms with E-state index in [2.05, 4.69) is 5.32 Å². The molecule has 0 atom stereocenters. The fraction of sp³-hybridized carbons (Fsp3) is 0.176. The van der Waals surface area contributed by atoms with Crippen LogP contribution in [0.2, 0.25) is 5.02 Å². The summed E-state index contributed by atoms with van der Waals surface area (Å²) in [6.07, 6.45) is 0. The second-order valence-corrected chi connectivity index (χ2v) is 5.43. The van der Waals surface area contributed by atoms with E-state index in [1.807, 2.05) is 6.07 Å². The average Bonchev–Trinajstić information content (AvgIpc) is 2.51. The monoisotopic (exact) mass is 334 g/mol. The Morgan fingerprint density at radius 1 is 1.13 bits per heavy atom. The van der Waals surface area contributed by atoms with Crippen molar-refractivity contribution in [3.8, 4) is 0 Å². The van der Waals surface area contributed by atoms with Crippen LogP contribution in [-0.4, -0.2) is 23.3 Å². The van der Waals surface area contributed by atoms with E-state index >= 15 is 0 Å². The molecule has 23 heavy (non-hydrogen) atoms. The van der Waals surface area contributed by atoms with E-state index < -0.39 is 0 Å². The number of rotatable bonds is 5. The highest BCUT2D eigenvalue weighted by Gasteiger charge is 2.15. The summed E-state index contributed by atoms with van der Waals surface area (Å²) in [5.74, 6) is -0.981. The number of amides is 2. The molecule has 0 aliphatic rings. The molecule has 0 aliphatic heterocycles. The van der Waals surface area contributed by atoms with Gasteiger partial charge in [0, 0.05) is 24.2 Å². The molecule has 0 bridgehead atoms. The molecule has 0 radical (unpaired) electrons. The summed E-state index contributed by atoms with van der Waals surface area (Å²) in [6.45, 7) is 1.52. The predicted molar refractivity (Wildman–Crippen MR) is 87.6 cm³/mol. The number of halogens is 2. The molecule has 2 amide bonds. The summed E-state index contributed by atoms with van der Waals surface area (Å²) in [7, 11) is 0. The fourth-order valence-electron chi connectivity index (χ4n) is 2.02. The van der Waals surface area contributed by atoms with Crippen molar-refractivity contribution in [3.05, 3.63) is 64.9 Å². The van der Waals surface area contributed by atoms with Crippen molar-refractivity contribution in [2.75, 3.05) is 11.9 Å². The van der Waals surface area contributed by atoms with Gasteiger partial charge in [0.2, 0.25) is 11.8 Å². The quantitative estimate of drug-likeness (QED) is 0.910. The Morgan fingerprint density at radius 3 is 2.39 bits per heavy atom. The molecular formula is C17H16ClFN2O2. The molecule has 2 rings (SSSR count). The summed E-state index contributed by atoms with van der Waals surface area (Å²) in [5, 5.41) is 3.16. The van der Waals surface area contributed by atoms with Gasteiger partial charge in [0.25, 0.3) is 0 Å². The zero-order valence-electron chi connectivity index (χ0n) is 12.6. The van der Waals surface area contributed by atoms with Gasteiger partial charge in [0.1, 0.15) is 12.4 Å². The first kappa shape index (κ1) is 17.0. The van der Waals surface area contributed by atoms with E-state index in [-0.39, 0.29) is 30.7 Å². The van der Waals surface area contributed by atoms with Gasteiger partial charge in [-0.25, -0.2) is 4.39 Å². The third-order valence-corrected chi connectivity index (χ3v) is 3.60. The zero-order chi connectivity index (χ0) is 16.8. The lowest BCUT2D eigenvalue weighted by molar-refractivity contribution is -0.133. The summed E-state index contributed by atoms with van der Waals surface area (Å²) in [5.41, 5.74) is 1.23. The molecule has 0 fully saturated rings. The Balaban J connectivity index is 2.01. The molecule has 0 saturated carbocycles. The Bertz CT molecular complexity index is 704. The van der Waals surface area contributed by atoms with Crippen molar-refractivity contribution >= 4 is 29.1 Å². The van der Waals surface area contributed by atoms with Gasteiger partial charge >= 0.3 is 0 Å². The van der Waals surface area contributed by atoms with E-state index in [9.17, 15) is 14.0 Å². The van der Waals surface area contributed by atoms with Crippen LogP contribution in [0.3, 0.4) is 0 Å². The lowest BCUT2D eigenvalue weighted by atomic mass is 10.2. The zero-order valence-corrected chi connectivity index (χ0v) is 13.3. The van der Waals surface area contributed by atoms with E-state index in [0.29, 0.717) is 10.7 Å². The summed E-state index contributed by atoms with van der Waals surface area (Å²) >= 11 is 6.08. The maximum absolute atomic E-state index is 12.8. The standard InChI is InChI=1S/C17H16ClFN2O2/c1-12(22)21(10-13-4-2-3-5-16(13)18)11-17(23)20-15-8-6-14(19)7-9-15/h2-9H,10-11H2,1H3,(H,20,23). The van der Waals surface area contributed by atoms with Crippen LogP contribution in [0.5, 0.6) is 0 Å². The van der Waals surface area contributed by atoms with Crippen molar-refractivity contribution in [2.45, 2.75) is 13.5 Å². The number of nitrogens with zero attached hydrogens (tertiary/aromatic N) is 1. The van der Waals surface area contributed by atoms with Crippen LogP contribution in [0, 0.1) is 5.82 Å². The first-order valence-electron chi connectivity index (χ1n) is 7.00. The summed E-state index contributed by atoms with van der Waals surface area (Å²) in [6, 6.07) is 12.6. The maximum atomic E-state index is 12.8. The molecule has 0 saturated heterocycles. The Kier molecular flexibility index (Phi) is 5.71. The van der Waals surface area contributed by atoms with E-state index in [1.165, 1.54) is 36.1 Å². The average molecular weight is 335 g/mol. The molecule has 0 spiro atoms. The number of carbonyl (C=O) groups excluding carboxylic acids is 2. The van der Waals surface area contributed by atoms with Gasteiger partial charge in [0.15, 0.2) is 0 Å². The summed E-state index contributed by atoms with van der Waals surface area (Å²) in [4.78, 5) is 25.2. The third-order valence-electron chi connectivity index (χ3n) is 3.23. The Morgan fingerprint density at radius 2 is 1.78 bits per heavy atom. The largest absolute Gasteiger partial charge is 0.329 e. The van der Waals surface area contributed by atoms with E-state index in [0.717, 1.165) is 5.56 Å². The number of hydrogen-bond donors (Lipinski definition) is 1. The van der Waals surface area contributed by atoms with Crippen molar-refractivity contribution in [1.82, 2.24) is 4.90 Å². The Labute approximate surface area is 138 Å². The fourth-order valence-corrected chi connectivity index (χ4v) is 2.21. The van der Waals surface area contributed by atoms with Crippen LogP contribution in [0.4, 0.5) is 10.1 Å². The second-order valence-electron chi connectivity index (χ2n) is 5.02. The smallest absolute Gasteiger partial charge is 0.244 e. The van der Waals surface area contributed by atoms with Crippen LogP contribution >= 0.6 is 11.6 Å². The number of benzene rings is 2. The third kappa shape index (κ3) is 5.07. The highest BCUT2D eigenvalue weighted by Crippen LogP contribution is 2.17. The van der Waals surface area contributed by atoms with E-state index in [1.54, 1.807) is 18.2 Å². The van der Waals surface area contributed by atoms with Gasteiger partial charge in [-0.2, -0.15) is 0 Å². The normalized spacial score (nSPS) is 10.2. The molecule has 0 aliphatic carbocycles. The van der Waals surface area contributed by atoms with Crippen LogP contribution < -0.4 is 5.32 Å². The second kappa shape index (κ2) is 7.74. The van der Waals surface area contributed by atoms with Gasteiger partial charge in [-0.15, -0.1) is 0 Å². The van der Waals surface area contributed by atoms with Crippen molar-refractivity contribution in [2.24, 2.45) is 0 Å². The molecule has 0 heterocycles. The van der Waals surface area contributed by atoms with Crippen LogP contribution in [0.25, 0.3) is 0 Å². The minimum absolute atomic E-state index is 0.113. The predicted octanol–water partition coefficient (Wildman–Crippen LogP) is 3.47. The molecule has 4 nitrogen and oxygen atoms in total. The number of carbonyl (C=O) groups is 2. The number of nitrogens with one attached hydrogen (secondary N) is 1. The van der Waals surface area contributed by atoms with Gasteiger partial charge in [-0.3, -0.25) is 9.59 Å². The minimum atomic E-state index is -0.382. The summed E-state index contributed by atoms with van der Waals surface area (Å²) < 4.78 is 12.8. The van der Waals surface area contributed by atoms with Gasteiger partial charge in [-0.1, -0.05) is 29.8 Å². The highest BCUT2D eigenvalue weighted by atomic mass is 35.5. The SMILES string of the molecule is CC(=O)N(CC(=O)Nc1ccc(F)cc1)Cc1ccccc1Cl. The first-order valence-corrected chi connectivity index (χ1v) is 7.38. The molecule has 2 aromatic rings. The Hall–Kier alpha value is -2.40. The van der Waals surface area contributed by atoms with Gasteiger partial charge in [-0.05, 0) is 35.9 Å². The molecule has 2 aromatic carbocycles. The van der Waals surface area contributed by atoms with Crippen LogP contribution in [-0.2, 0) is 16.1 Å².